The fraction of sp³-hybridized carbons (Fsp3) is 0.500. The number of nitriles is 1. The van der Waals surface area contributed by atoms with Gasteiger partial charge in [-0.05, 0) is 25.0 Å². The molecule has 2 heteroatoms. The predicted molar refractivity (Wildman–Crippen MR) is 56.9 cm³/mol. The van der Waals surface area contributed by atoms with Crippen LogP contribution >= 0.6 is 0 Å². The highest BCUT2D eigenvalue weighted by molar-refractivity contribution is 5.34. The van der Waals surface area contributed by atoms with E-state index in [1.54, 1.807) is 0 Å². The average Bonchev–Trinajstić information content (AvgIpc) is 2.19. The first-order valence-electron chi connectivity index (χ1n) is 5.20. The molecule has 0 saturated heterocycles. The van der Waals surface area contributed by atoms with Crippen molar-refractivity contribution in [3.05, 3.63) is 29.1 Å². The van der Waals surface area contributed by atoms with E-state index in [4.69, 9.17) is 5.26 Å². The van der Waals surface area contributed by atoms with E-state index >= 15 is 0 Å². The Labute approximate surface area is 85.6 Å². The number of nitrogens with zero attached hydrogens (tertiary/aromatic N) is 2. The maximum Gasteiger partial charge on any atom is 0.101 e. The fourth-order valence-electron chi connectivity index (χ4n) is 1.47. The third kappa shape index (κ3) is 2.56. The van der Waals surface area contributed by atoms with Crippen LogP contribution in [0.1, 0.15) is 43.6 Å². The fourth-order valence-corrected chi connectivity index (χ4v) is 1.47. The summed E-state index contributed by atoms with van der Waals surface area (Å²) in [4.78, 5) is 4.50. The zero-order valence-electron chi connectivity index (χ0n) is 8.88. The normalized spacial score (nSPS) is 9.79. The smallest absolute Gasteiger partial charge is 0.101 e. The monoisotopic (exact) mass is 188 g/mol. The van der Waals surface area contributed by atoms with Crippen molar-refractivity contribution in [2.24, 2.45) is 0 Å². The Morgan fingerprint density at radius 3 is 2.50 bits per heavy atom. The molecular weight excluding hydrogens is 172 g/mol. The van der Waals surface area contributed by atoms with Gasteiger partial charge >= 0.3 is 0 Å². The summed E-state index contributed by atoms with van der Waals surface area (Å²) in [6, 6.07) is 6.04. The summed E-state index contributed by atoms with van der Waals surface area (Å²) in [5.41, 5.74) is 2.79. The van der Waals surface area contributed by atoms with Crippen molar-refractivity contribution in [3.63, 3.8) is 0 Å². The molecule has 0 amide bonds. The lowest BCUT2D eigenvalue weighted by atomic mass is 10.1. The van der Waals surface area contributed by atoms with E-state index in [1.165, 1.54) is 0 Å². The van der Waals surface area contributed by atoms with Gasteiger partial charge in [-0.1, -0.05) is 26.7 Å². The Hall–Kier alpha value is -1.36. The molecule has 0 aliphatic heterocycles. The maximum absolute atomic E-state index is 8.88. The van der Waals surface area contributed by atoms with E-state index in [-0.39, 0.29) is 0 Å². The third-order valence-corrected chi connectivity index (χ3v) is 2.15. The van der Waals surface area contributed by atoms with Crippen molar-refractivity contribution < 1.29 is 0 Å². The lowest BCUT2D eigenvalue weighted by Crippen LogP contribution is -1.98. The molecule has 0 N–H and O–H groups in total. The zero-order chi connectivity index (χ0) is 10.4. The topological polar surface area (TPSA) is 36.7 Å². The number of aromatic nitrogens is 1. The van der Waals surface area contributed by atoms with E-state index < -0.39 is 0 Å². The van der Waals surface area contributed by atoms with Crippen LogP contribution in [0.3, 0.4) is 0 Å². The average molecular weight is 188 g/mol. The van der Waals surface area contributed by atoms with Crippen LogP contribution in [0.2, 0.25) is 0 Å². The highest BCUT2D eigenvalue weighted by Gasteiger charge is 2.03. The third-order valence-electron chi connectivity index (χ3n) is 2.15. The maximum atomic E-state index is 8.88. The molecule has 0 unspecified atom stereocenters. The molecule has 14 heavy (non-hydrogen) atoms. The summed E-state index contributed by atoms with van der Waals surface area (Å²) in [5, 5.41) is 8.88. The molecule has 0 aliphatic carbocycles. The van der Waals surface area contributed by atoms with Crippen molar-refractivity contribution in [1.29, 1.82) is 5.26 Å². The molecule has 0 saturated carbocycles. The van der Waals surface area contributed by atoms with Gasteiger partial charge in [0.2, 0.25) is 0 Å². The highest BCUT2D eigenvalue weighted by Crippen LogP contribution is 2.10. The first-order valence-corrected chi connectivity index (χ1v) is 5.20. The van der Waals surface area contributed by atoms with Gasteiger partial charge in [0.15, 0.2) is 0 Å². The Kier molecular flexibility index (Phi) is 4.12. The van der Waals surface area contributed by atoms with E-state index in [0.29, 0.717) is 0 Å². The van der Waals surface area contributed by atoms with Gasteiger partial charge in [0, 0.05) is 5.69 Å². The molecule has 0 radical (unpaired) electrons. The van der Waals surface area contributed by atoms with Gasteiger partial charge in [0.05, 0.1) is 11.3 Å². The van der Waals surface area contributed by atoms with Crippen molar-refractivity contribution >= 4 is 0 Å². The van der Waals surface area contributed by atoms with Gasteiger partial charge in [-0.15, -0.1) is 0 Å². The molecule has 2 nitrogen and oxygen atoms in total. The number of rotatable bonds is 4. The molecular formula is C12H16N2. The molecule has 1 aromatic heterocycles. The quantitative estimate of drug-likeness (QED) is 0.728. The van der Waals surface area contributed by atoms with Crippen molar-refractivity contribution in [1.82, 2.24) is 4.98 Å². The van der Waals surface area contributed by atoms with Crippen LogP contribution in [0.25, 0.3) is 0 Å². The minimum Gasteiger partial charge on any atom is -0.257 e. The van der Waals surface area contributed by atoms with Gasteiger partial charge in [-0.2, -0.15) is 5.26 Å². The molecule has 1 rings (SSSR count). The zero-order valence-corrected chi connectivity index (χ0v) is 8.88. The molecule has 0 fully saturated rings. The van der Waals surface area contributed by atoms with Crippen LogP contribution in [0, 0.1) is 11.3 Å². The van der Waals surface area contributed by atoms with Crippen molar-refractivity contribution in [3.8, 4) is 6.07 Å². The van der Waals surface area contributed by atoms with Crippen LogP contribution in [-0.4, -0.2) is 4.98 Å². The van der Waals surface area contributed by atoms with Crippen LogP contribution in [0.4, 0.5) is 0 Å². The van der Waals surface area contributed by atoms with Gasteiger partial charge < -0.3 is 0 Å². The van der Waals surface area contributed by atoms with E-state index in [9.17, 15) is 0 Å². The van der Waals surface area contributed by atoms with Crippen molar-refractivity contribution in [2.45, 2.75) is 39.5 Å². The molecule has 0 bridgehead atoms. The highest BCUT2D eigenvalue weighted by atomic mass is 14.7. The Morgan fingerprint density at radius 1 is 1.21 bits per heavy atom. The lowest BCUT2D eigenvalue weighted by molar-refractivity contribution is 0.828. The van der Waals surface area contributed by atoms with E-state index in [2.05, 4.69) is 24.9 Å². The molecule has 1 aromatic rings. The molecule has 1 heterocycles. The first kappa shape index (κ1) is 10.7. The van der Waals surface area contributed by atoms with Gasteiger partial charge in [-0.3, -0.25) is 4.98 Å². The summed E-state index contributed by atoms with van der Waals surface area (Å²) in [6.45, 7) is 4.24. The van der Waals surface area contributed by atoms with Crippen molar-refractivity contribution in [2.75, 3.05) is 0 Å². The second kappa shape index (κ2) is 5.39. The standard InChI is InChI=1S/C12H16N2/c1-3-5-11-8-7-10(9-13)12(14-11)6-4-2/h7-8H,3-6H2,1-2H3. The summed E-state index contributed by atoms with van der Waals surface area (Å²) >= 11 is 0. The number of hydrogen-bond donors (Lipinski definition) is 0. The minimum atomic E-state index is 0.728. The van der Waals surface area contributed by atoms with Crippen LogP contribution in [0.5, 0.6) is 0 Å². The minimum absolute atomic E-state index is 0.728. The largest absolute Gasteiger partial charge is 0.257 e. The Balaban J connectivity index is 2.96. The van der Waals surface area contributed by atoms with E-state index in [1.807, 2.05) is 12.1 Å². The Morgan fingerprint density at radius 2 is 1.93 bits per heavy atom. The van der Waals surface area contributed by atoms with Crippen LogP contribution < -0.4 is 0 Å². The Bertz CT molecular complexity index is 337. The van der Waals surface area contributed by atoms with Gasteiger partial charge in [-0.25, -0.2) is 0 Å². The molecule has 0 spiro atoms. The second-order valence-corrected chi connectivity index (χ2v) is 3.41. The first-order chi connectivity index (χ1) is 6.81. The molecule has 74 valence electrons. The van der Waals surface area contributed by atoms with Crippen LogP contribution in [-0.2, 0) is 12.8 Å². The van der Waals surface area contributed by atoms with E-state index in [0.717, 1.165) is 42.6 Å². The number of hydrogen-bond acceptors (Lipinski definition) is 2. The summed E-state index contributed by atoms with van der Waals surface area (Å²) in [5.74, 6) is 0. The summed E-state index contributed by atoms with van der Waals surface area (Å²) in [7, 11) is 0. The second-order valence-electron chi connectivity index (χ2n) is 3.41. The summed E-state index contributed by atoms with van der Waals surface area (Å²) in [6.07, 6.45) is 4.05. The predicted octanol–water partition coefficient (Wildman–Crippen LogP) is 2.86. The number of aryl methyl sites for hydroxylation is 2. The molecule has 0 atom stereocenters. The molecule has 0 aliphatic rings. The van der Waals surface area contributed by atoms with Gasteiger partial charge in [0.1, 0.15) is 6.07 Å². The molecule has 0 aromatic carbocycles. The lowest BCUT2D eigenvalue weighted by Gasteiger charge is -2.04. The summed E-state index contributed by atoms with van der Waals surface area (Å²) < 4.78 is 0. The van der Waals surface area contributed by atoms with Crippen LogP contribution in [0.15, 0.2) is 12.1 Å². The van der Waals surface area contributed by atoms with Gasteiger partial charge in [0.25, 0.3) is 0 Å². The SMILES string of the molecule is CCCc1ccc(C#N)c(CCC)n1. The number of pyridine rings is 1.